The SMILES string of the molecule is CN(C)C(=O)N1CCC(c2ncc3n2CCCC3)CC1. The Morgan fingerprint density at radius 3 is 2.70 bits per heavy atom. The van der Waals surface area contributed by atoms with E-state index in [1.54, 1.807) is 4.90 Å². The Kier molecular flexibility index (Phi) is 3.68. The summed E-state index contributed by atoms with van der Waals surface area (Å²) < 4.78 is 2.43. The molecule has 0 spiro atoms. The molecule has 0 N–H and O–H groups in total. The van der Waals surface area contributed by atoms with E-state index in [1.807, 2.05) is 19.0 Å². The molecular weight excluding hydrogens is 252 g/mol. The third kappa shape index (κ3) is 2.41. The molecular formula is C15H24N4O. The second kappa shape index (κ2) is 5.46. The number of fused-ring (bicyclic) bond motifs is 1. The number of hydrogen-bond donors (Lipinski definition) is 0. The number of likely N-dealkylation sites (tertiary alicyclic amines) is 1. The van der Waals surface area contributed by atoms with Crippen LogP contribution in [0, 0.1) is 0 Å². The van der Waals surface area contributed by atoms with Gasteiger partial charge in [0.25, 0.3) is 0 Å². The van der Waals surface area contributed by atoms with Crippen LogP contribution < -0.4 is 0 Å². The first-order chi connectivity index (χ1) is 9.66. The van der Waals surface area contributed by atoms with E-state index in [0.717, 1.165) is 32.5 Å². The Hall–Kier alpha value is -1.52. The number of carbonyl (C=O) groups excluding carboxylic acids is 1. The lowest BCUT2D eigenvalue weighted by Gasteiger charge is -2.33. The maximum Gasteiger partial charge on any atom is 0.319 e. The molecule has 0 unspecified atom stereocenters. The molecule has 110 valence electrons. The summed E-state index contributed by atoms with van der Waals surface area (Å²) in [6.45, 7) is 2.83. The van der Waals surface area contributed by atoms with Crippen LogP contribution in [0.5, 0.6) is 0 Å². The molecule has 2 aliphatic heterocycles. The van der Waals surface area contributed by atoms with Crippen LogP contribution in [-0.4, -0.2) is 52.6 Å². The van der Waals surface area contributed by atoms with Crippen LogP contribution in [0.15, 0.2) is 6.20 Å². The van der Waals surface area contributed by atoms with E-state index < -0.39 is 0 Å². The van der Waals surface area contributed by atoms with E-state index in [0.29, 0.717) is 5.92 Å². The summed E-state index contributed by atoms with van der Waals surface area (Å²) in [4.78, 5) is 20.2. The van der Waals surface area contributed by atoms with Crippen molar-refractivity contribution in [2.24, 2.45) is 0 Å². The number of imidazole rings is 1. The first-order valence-corrected chi connectivity index (χ1v) is 7.67. The molecule has 3 rings (SSSR count). The number of nitrogens with zero attached hydrogens (tertiary/aromatic N) is 4. The average molecular weight is 276 g/mol. The van der Waals surface area contributed by atoms with E-state index in [9.17, 15) is 4.79 Å². The van der Waals surface area contributed by atoms with Gasteiger partial charge in [0.2, 0.25) is 0 Å². The molecule has 5 heteroatoms. The van der Waals surface area contributed by atoms with Crippen LogP contribution in [0.2, 0.25) is 0 Å². The van der Waals surface area contributed by atoms with Crippen molar-refractivity contribution < 1.29 is 4.79 Å². The molecule has 0 saturated carbocycles. The summed E-state index contributed by atoms with van der Waals surface area (Å²) in [5, 5.41) is 0. The maximum atomic E-state index is 12.0. The molecule has 0 bridgehead atoms. The predicted molar refractivity (Wildman–Crippen MR) is 77.8 cm³/mol. The van der Waals surface area contributed by atoms with Gasteiger partial charge in [-0.3, -0.25) is 0 Å². The van der Waals surface area contributed by atoms with E-state index in [4.69, 9.17) is 0 Å². The second-order valence-corrected chi connectivity index (χ2v) is 6.15. The van der Waals surface area contributed by atoms with Crippen molar-refractivity contribution >= 4 is 6.03 Å². The molecule has 0 atom stereocenters. The Balaban J connectivity index is 1.66. The summed E-state index contributed by atoms with van der Waals surface area (Å²) in [6.07, 6.45) is 7.87. The Labute approximate surface area is 120 Å². The van der Waals surface area contributed by atoms with Crippen LogP contribution in [0.1, 0.15) is 43.1 Å². The van der Waals surface area contributed by atoms with Gasteiger partial charge in [-0.05, 0) is 32.1 Å². The number of hydrogen-bond acceptors (Lipinski definition) is 2. The molecule has 2 aliphatic rings. The highest BCUT2D eigenvalue weighted by Crippen LogP contribution is 2.30. The number of carbonyl (C=O) groups is 1. The predicted octanol–water partition coefficient (Wildman–Crippen LogP) is 2.08. The quantitative estimate of drug-likeness (QED) is 0.788. The Bertz CT molecular complexity index is 486. The molecule has 1 aromatic heterocycles. The minimum Gasteiger partial charge on any atom is -0.332 e. The van der Waals surface area contributed by atoms with Crippen LogP contribution in [-0.2, 0) is 13.0 Å². The lowest BCUT2D eigenvalue weighted by molar-refractivity contribution is 0.155. The van der Waals surface area contributed by atoms with Gasteiger partial charge in [-0.1, -0.05) is 0 Å². The second-order valence-electron chi connectivity index (χ2n) is 6.15. The van der Waals surface area contributed by atoms with Crippen molar-refractivity contribution in [3.63, 3.8) is 0 Å². The summed E-state index contributed by atoms with van der Waals surface area (Å²) in [5.74, 6) is 1.78. The van der Waals surface area contributed by atoms with Gasteiger partial charge < -0.3 is 14.4 Å². The minimum absolute atomic E-state index is 0.133. The monoisotopic (exact) mass is 276 g/mol. The zero-order chi connectivity index (χ0) is 14.1. The minimum atomic E-state index is 0.133. The van der Waals surface area contributed by atoms with E-state index in [2.05, 4.69) is 15.7 Å². The highest BCUT2D eigenvalue weighted by atomic mass is 16.2. The van der Waals surface area contributed by atoms with Crippen molar-refractivity contribution in [1.82, 2.24) is 19.4 Å². The topological polar surface area (TPSA) is 41.4 Å². The van der Waals surface area contributed by atoms with Crippen molar-refractivity contribution in [3.05, 3.63) is 17.7 Å². The molecule has 0 radical (unpaired) electrons. The standard InChI is InChI=1S/C15H24N4O/c1-17(2)15(20)18-9-6-12(7-10-18)14-16-11-13-5-3-4-8-19(13)14/h11-12H,3-10H2,1-2H3. The zero-order valence-electron chi connectivity index (χ0n) is 12.5. The number of aryl methyl sites for hydroxylation is 1. The molecule has 1 fully saturated rings. The van der Waals surface area contributed by atoms with E-state index in [1.165, 1.54) is 30.8 Å². The van der Waals surface area contributed by atoms with Crippen molar-refractivity contribution in [3.8, 4) is 0 Å². The lowest BCUT2D eigenvalue weighted by Crippen LogP contribution is -2.43. The van der Waals surface area contributed by atoms with Crippen molar-refractivity contribution in [2.75, 3.05) is 27.2 Å². The summed E-state index contributed by atoms with van der Waals surface area (Å²) >= 11 is 0. The lowest BCUT2D eigenvalue weighted by atomic mass is 9.95. The van der Waals surface area contributed by atoms with Gasteiger partial charge in [0.15, 0.2) is 0 Å². The van der Waals surface area contributed by atoms with E-state index in [-0.39, 0.29) is 6.03 Å². The number of piperidine rings is 1. The molecule has 0 aromatic carbocycles. The number of rotatable bonds is 1. The highest BCUT2D eigenvalue weighted by molar-refractivity contribution is 5.73. The zero-order valence-corrected chi connectivity index (χ0v) is 12.5. The van der Waals surface area contributed by atoms with Gasteiger partial charge in [0.1, 0.15) is 5.82 Å². The third-order valence-corrected chi connectivity index (χ3v) is 4.55. The van der Waals surface area contributed by atoms with Crippen molar-refractivity contribution in [1.29, 1.82) is 0 Å². The van der Waals surface area contributed by atoms with Gasteiger partial charge in [-0.15, -0.1) is 0 Å². The normalized spacial score (nSPS) is 19.8. The fraction of sp³-hybridized carbons (Fsp3) is 0.733. The van der Waals surface area contributed by atoms with Crippen molar-refractivity contribution in [2.45, 2.75) is 44.6 Å². The van der Waals surface area contributed by atoms with Crippen LogP contribution in [0.4, 0.5) is 4.79 Å². The first kappa shape index (κ1) is 13.5. The third-order valence-electron chi connectivity index (χ3n) is 4.55. The Morgan fingerprint density at radius 2 is 2.00 bits per heavy atom. The number of amides is 2. The Morgan fingerprint density at radius 1 is 1.25 bits per heavy atom. The van der Waals surface area contributed by atoms with Crippen LogP contribution in [0.25, 0.3) is 0 Å². The average Bonchev–Trinajstić information content (AvgIpc) is 2.90. The van der Waals surface area contributed by atoms with Gasteiger partial charge in [0.05, 0.1) is 0 Å². The van der Waals surface area contributed by atoms with Crippen LogP contribution in [0.3, 0.4) is 0 Å². The smallest absolute Gasteiger partial charge is 0.319 e. The van der Waals surface area contributed by atoms with Gasteiger partial charge in [-0.25, -0.2) is 9.78 Å². The maximum absolute atomic E-state index is 12.0. The van der Waals surface area contributed by atoms with Crippen LogP contribution >= 0.6 is 0 Å². The molecule has 5 nitrogen and oxygen atoms in total. The summed E-state index contributed by atoms with van der Waals surface area (Å²) in [7, 11) is 3.64. The molecule has 0 aliphatic carbocycles. The number of urea groups is 1. The fourth-order valence-electron chi connectivity index (χ4n) is 3.40. The molecule has 20 heavy (non-hydrogen) atoms. The summed E-state index contributed by atoms with van der Waals surface area (Å²) in [5.41, 5.74) is 1.40. The fourth-order valence-corrected chi connectivity index (χ4v) is 3.40. The van der Waals surface area contributed by atoms with Gasteiger partial charge in [0, 0.05) is 51.5 Å². The highest BCUT2D eigenvalue weighted by Gasteiger charge is 2.28. The molecule has 2 amide bonds. The molecule has 1 aromatic rings. The van der Waals surface area contributed by atoms with Gasteiger partial charge in [-0.2, -0.15) is 0 Å². The molecule has 1 saturated heterocycles. The van der Waals surface area contributed by atoms with E-state index >= 15 is 0 Å². The van der Waals surface area contributed by atoms with Gasteiger partial charge >= 0.3 is 6.03 Å². The first-order valence-electron chi connectivity index (χ1n) is 7.67. The molecule has 3 heterocycles. The largest absolute Gasteiger partial charge is 0.332 e. The summed E-state index contributed by atoms with van der Waals surface area (Å²) in [6, 6.07) is 0.133. The number of aromatic nitrogens is 2.